The molecule has 4 aromatic carbocycles. The molecule has 0 atom stereocenters. The van der Waals surface area contributed by atoms with Crippen LogP contribution in [-0.4, -0.2) is 142 Å². The zero-order chi connectivity index (χ0) is 68.8. The largest absolute Gasteiger partial charge is 0.497 e. The van der Waals surface area contributed by atoms with Crippen molar-refractivity contribution < 1.29 is 84.2 Å². The number of rotatable bonds is 7. The fraction of sp³-hybridized carbons (Fsp3) is 0.471. The second kappa shape index (κ2) is 28.8. The van der Waals surface area contributed by atoms with Gasteiger partial charge in [-0.05, 0) is 83.8 Å². The summed E-state index contributed by atoms with van der Waals surface area (Å²) in [7, 11) is 5.71. The number of guanidine groups is 1. The van der Waals surface area contributed by atoms with E-state index in [0.717, 1.165) is 50.0 Å². The minimum atomic E-state index is -1.01. The second-order valence-electron chi connectivity index (χ2n) is 25.9. The third kappa shape index (κ3) is 14.2. The number of methoxy groups -OCH3 is 4. The van der Waals surface area contributed by atoms with Crippen molar-refractivity contribution in [3.63, 3.8) is 0 Å². The Hall–Kier alpha value is -9.02. The lowest BCUT2D eigenvalue weighted by Crippen LogP contribution is -2.47. The first-order valence-corrected chi connectivity index (χ1v) is 31.7. The number of carbonyl (C=O) groups is 5. The van der Waals surface area contributed by atoms with Gasteiger partial charge in [0.15, 0.2) is 5.96 Å². The molecule has 98 heavy (non-hydrogen) atoms. The summed E-state index contributed by atoms with van der Waals surface area (Å²) in [4.78, 5) is 86.1. The first-order chi connectivity index (χ1) is 45.7. The van der Waals surface area contributed by atoms with E-state index in [1.54, 1.807) is 31.7 Å². The Kier molecular flexibility index (Phi) is 21.5. The summed E-state index contributed by atoms with van der Waals surface area (Å²) >= 11 is 0. The van der Waals surface area contributed by atoms with Gasteiger partial charge in [0.1, 0.15) is 80.1 Å². The number of nitrogens with one attached hydrogen (secondary N) is 4. The molecule has 4 spiro atoms. The summed E-state index contributed by atoms with van der Waals surface area (Å²) in [6.07, 6.45) is 6.71. The van der Waals surface area contributed by atoms with Crippen LogP contribution in [0.25, 0.3) is 0 Å². The minimum absolute atomic E-state index is 0. The first kappa shape index (κ1) is 73.2. The summed E-state index contributed by atoms with van der Waals surface area (Å²) in [5.41, 5.74) is 4.98. The lowest BCUT2D eigenvalue weighted by atomic mass is 9.83. The number of hydrogen-bond donors (Lipinski definition) is 5. The molecule has 14 rings (SSSR count). The maximum atomic E-state index is 14.8. The maximum absolute atomic E-state index is 14.8. The molecule has 0 unspecified atom stereocenters. The molecule has 4 fully saturated rings. The third-order valence-corrected chi connectivity index (χ3v) is 19.0. The SMILES string of the molecule is C=C(NC(=O)OC(C)(C)C)N1CCC2(CC1)OC(=O)c1cc(OC)cc(F)c12.COc1cc(F)c2c(c1)C(=O)OC21CCN(C(=N)N)CC1.COc1cc(F)c2c(c1)C(=O)OC21CCN(c2nc3c(c(=O)[nH]2)CCCC3)CC1.COc1cc(F)c2c(c1)C(=O)OC21CCNCC1.Cl.Cl. The number of esters is 4. The summed E-state index contributed by atoms with van der Waals surface area (Å²) in [6, 6.07) is 11.2. The standard InChI is InChI=1S/C21H22FN3O4.C20H25FN2O5.C14H16FN3O3.C13H14FNO3.2ClH/c1-28-12-10-14-17(15(22)11-12)21(29-19(14)27)6-8-25(9-7-21)20-23-16-5-3-2-4-13(16)18(26)24-20;1-12(22-18(25)28-19(2,3)4)23-8-6-20(7-9-23)16-14(17(24)27-20)10-13(26-5)11-15(16)21;1-20-8-6-9-11(10(15)7-8)14(21-12(9)19)2-4-18(5-3-14)13(16)17;1-17-8-6-9-11(10(14)7-8)13(18-12(9)16)2-4-15-5-3-13;;/h10-11H,2-9H2,1H3,(H,23,24,26);10-11H,1,6-9H2,2-5H3,(H,22,25);6-7H,2-5H2,1H3,(H3,16,17);6-7,15H,2-5H2,1H3;2*1H. The van der Waals surface area contributed by atoms with Crippen molar-refractivity contribution in [1.29, 1.82) is 5.41 Å². The number of piperidine rings is 4. The zero-order valence-electron chi connectivity index (χ0n) is 55.3. The van der Waals surface area contributed by atoms with Crippen molar-refractivity contribution in [3.05, 3.63) is 150 Å². The average molecular weight is 1410 g/mol. The van der Waals surface area contributed by atoms with Crippen LogP contribution in [0.15, 0.2) is 65.7 Å². The van der Waals surface area contributed by atoms with Crippen molar-refractivity contribution in [3.8, 4) is 23.0 Å². The highest BCUT2D eigenvalue weighted by atomic mass is 35.5. The summed E-state index contributed by atoms with van der Waals surface area (Å²) < 4.78 is 106. The number of amides is 1. The Bertz CT molecular complexity index is 4030. The van der Waals surface area contributed by atoms with Crippen molar-refractivity contribution in [1.82, 2.24) is 30.4 Å². The van der Waals surface area contributed by atoms with E-state index in [0.29, 0.717) is 142 Å². The number of hydrogen-bond acceptors (Lipinski definition) is 20. The van der Waals surface area contributed by atoms with Gasteiger partial charge in [-0.25, -0.2) is 46.5 Å². The molecule has 0 bridgehead atoms. The Morgan fingerprint density at radius 3 is 1.28 bits per heavy atom. The summed E-state index contributed by atoms with van der Waals surface area (Å²) in [6.45, 7) is 13.4. The van der Waals surface area contributed by atoms with Gasteiger partial charge in [0.2, 0.25) is 5.95 Å². The number of nitrogens with two attached hydrogens (primary N) is 1. The van der Waals surface area contributed by atoms with Crippen LogP contribution in [0.2, 0.25) is 0 Å². The molecular weight excluding hydrogens is 1330 g/mol. The number of carbonyl (C=O) groups excluding carboxylic acids is 5. The summed E-state index contributed by atoms with van der Waals surface area (Å²) in [5.74, 6) is -1.85. The van der Waals surface area contributed by atoms with E-state index in [1.165, 1.54) is 70.9 Å². The van der Waals surface area contributed by atoms with Crippen LogP contribution in [0.5, 0.6) is 23.0 Å². The highest BCUT2D eigenvalue weighted by Gasteiger charge is 2.54. The molecule has 1 aliphatic carbocycles. The van der Waals surface area contributed by atoms with Gasteiger partial charge in [-0.15, -0.1) is 24.8 Å². The Morgan fingerprint density at radius 1 is 0.571 bits per heavy atom. The van der Waals surface area contributed by atoms with E-state index >= 15 is 0 Å². The fourth-order valence-corrected chi connectivity index (χ4v) is 14.2. The molecule has 6 N–H and O–H groups in total. The first-order valence-electron chi connectivity index (χ1n) is 31.7. The van der Waals surface area contributed by atoms with E-state index in [1.807, 2.05) is 9.80 Å². The third-order valence-electron chi connectivity index (χ3n) is 19.0. The molecule has 0 saturated carbocycles. The number of fused-ring (bicyclic) bond motifs is 9. The molecule has 1 amide bonds. The number of nitrogens with zero attached hydrogens (tertiary/aromatic N) is 4. The van der Waals surface area contributed by atoms with Crippen molar-refractivity contribution in [2.45, 2.75) is 126 Å². The monoisotopic (exact) mass is 1410 g/mol. The smallest absolute Gasteiger partial charge is 0.413 e. The molecular formula is C68H79Cl2F4N9O15. The van der Waals surface area contributed by atoms with Gasteiger partial charge < -0.3 is 68.4 Å². The number of anilines is 1. The van der Waals surface area contributed by atoms with Gasteiger partial charge in [-0.3, -0.25) is 20.5 Å². The number of benzene rings is 4. The number of halogens is 6. The van der Waals surface area contributed by atoms with Gasteiger partial charge in [-0.2, -0.15) is 0 Å². The van der Waals surface area contributed by atoms with E-state index in [4.69, 9.17) is 53.8 Å². The van der Waals surface area contributed by atoms with Gasteiger partial charge in [0, 0.05) is 143 Å². The minimum Gasteiger partial charge on any atom is -0.497 e. The van der Waals surface area contributed by atoms with E-state index < -0.39 is 81.2 Å². The predicted octanol–water partition coefficient (Wildman–Crippen LogP) is 9.37. The van der Waals surface area contributed by atoms with Crippen LogP contribution in [0.4, 0.5) is 28.3 Å². The molecule has 0 radical (unpaired) electrons. The van der Waals surface area contributed by atoms with Crippen LogP contribution >= 0.6 is 24.8 Å². The van der Waals surface area contributed by atoms with Crippen LogP contribution in [-0.2, 0) is 58.9 Å². The van der Waals surface area contributed by atoms with Crippen LogP contribution in [0.3, 0.4) is 0 Å². The highest BCUT2D eigenvalue weighted by molar-refractivity contribution is 5.97. The van der Waals surface area contributed by atoms with E-state index in [9.17, 15) is 46.3 Å². The van der Waals surface area contributed by atoms with Gasteiger partial charge in [0.25, 0.3) is 5.56 Å². The number of ether oxygens (including phenoxy) is 9. The van der Waals surface area contributed by atoms with Crippen molar-refractivity contribution in [2.24, 2.45) is 5.73 Å². The number of aryl methyl sites for hydroxylation is 1. The topological polar surface area (TPSA) is 298 Å². The molecule has 30 heteroatoms. The molecule has 4 saturated heterocycles. The maximum Gasteiger partial charge on any atom is 0.413 e. The van der Waals surface area contributed by atoms with Crippen LogP contribution in [0.1, 0.15) is 160 Å². The Balaban J connectivity index is 0.000000154. The Morgan fingerprint density at radius 2 is 0.918 bits per heavy atom. The number of likely N-dealkylation sites (tertiary alicyclic amines) is 2. The molecule has 9 aliphatic rings. The normalized spacial score (nSPS) is 18.8. The van der Waals surface area contributed by atoms with Crippen molar-refractivity contribution in [2.75, 3.05) is 85.7 Å². The molecule has 528 valence electrons. The highest BCUT2D eigenvalue weighted by Crippen LogP contribution is 2.51. The van der Waals surface area contributed by atoms with E-state index in [2.05, 4.69) is 27.2 Å². The van der Waals surface area contributed by atoms with Gasteiger partial charge in [-0.1, -0.05) is 6.58 Å². The lowest BCUT2D eigenvalue weighted by molar-refractivity contribution is -0.0407. The fourth-order valence-electron chi connectivity index (χ4n) is 14.2. The molecule has 8 aliphatic heterocycles. The number of aromatic amines is 1. The molecule has 1 aromatic heterocycles. The van der Waals surface area contributed by atoms with Crippen molar-refractivity contribution >= 4 is 66.7 Å². The van der Waals surface area contributed by atoms with E-state index in [-0.39, 0.29) is 64.3 Å². The quantitative estimate of drug-likeness (QED) is 0.0333. The Labute approximate surface area is 574 Å². The molecule has 24 nitrogen and oxygen atoms in total. The predicted molar refractivity (Wildman–Crippen MR) is 352 cm³/mol. The summed E-state index contributed by atoms with van der Waals surface area (Å²) in [5, 5.41) is 13.2. The number of aromatic nitrogens is 2. The number of H-pyrrole nitrogens is 1. The molecule has 9 heterocycles. The average Bonchev–Trinajstić information content (AvgIpc) is 1.60. The second-order valence-corrected chi connectivity index (χ2v) is 25.9. The lowest BCUT2D eigenvalue weighted by Gasteiger charge is -2.40. The van der Waals surface area contributed by atoms with Gasteiger partial charge in [0.05, 0.1) is 56.4 Å². The zero-order valence-corrected chi connectivity index (χ0v) is 56.9. The molecule has 5 aromatic rings. The van der Waals surface area contributed by atoms with Gasteiger partial charge >= 0.3 is 30.0 Å². The van der Waals surface area contributed by atoms with Crippen LogP contribution < -0.4 is 45.8 Å². The van der Waals surface area contributed by atoms with Crippen LogP contribution in [0, 0.1) is 28.7 Å². The number of alkyl carbamates (subject to hydrolysis) is 1.